The van der Waals surface area contributed by atoms with E-state index in [4.69, 9.17) is 33.7 Å². The van der Waals surface area contributed by atoms with Gasteiger partial charge in [0.15, 0.2) is 12.3 Å². The average molecular weight is 1120 g/mol. The maximum absolute atomic E-state index is 12.9. The summed E-state index contributed by atoms with van der Waals surface area (Å²) in [7, 11) is -10.9. The van der Waals surface area contributed by atoms with Gasteiger partial charge in [-0.2, -0.15) is 9.29 Å². The largest absolute Gasteiger partial charge is 0.481 e. The van der Waals surface area contributed by atoms with Crippen molar-refractivity contribution in [1.82, 2.24) is 9.55 Å². The molecule has 2 aliphatic rings. The number of phosphoric ester groups is 2. The molecule has 0 amide bonds. The van der Waals surface area contributed by atoms with Crippen LogP contribution in [0.1, 0.15) is 239 Å². The van der Waals surface area contributed by atoms with Crippen molar-refractivity contribution < 1.29 is 71.0 Å². The third kappa shape index (κ3) is 31.3. The minimum atomic E-state index is -5.43. The van der Waals surface area contributed by atoms with Gasteiger partial charge >= 0.3 is 33.3 Å². The number of esters is 2. The lowest BCUT2D eigenvalue weighted by molar-refractivity contribution is -0.161. The normalized spacial score (nSPS) is 21.8. The molecule has 76 heavy (non-hydrogen) atoms. The number of ether oxygens (including phenoxy) is 4. The summed E-state index contributed by atoms with van der Waals surface area (Å²) >= 11 is 0. The fourth-order valence-corrected chi connectivity index (χ4v) is 11.4. The van der Waals surface area contributed by atoms with Crippen molar-refractivity contribution in [1.29, 1.82) is 0 Å². The Morgan fingerprint density at radius 1 is 0.697 bits per heavy atom. The molecule has 1 aromatic rings. The maximum atomic E-state index is 12.9. The zero-order valence-corrected chi connectivity index (χ0v) is 48.2. The van der Waals surface area contributed by atoms with Crippen LogP contribution in [0, 0.1) is 5.92 Å². The number of nitrogens with two attached hydrogens (primary N) is 1. The van der Waals surface area contributed by atoms with E-state index in [1.807, 2.05) is 0 Å². The number of aliphatic hydroxyl groups excluding tert-OH is 2. The van der Waals surface area contributed by atoms with Crippen LogP contribution in [-0.2, 0) is 51.0 Å². The van der Waals surface area contributed by atoms with E-state index in [0.29, 0.717) is 25.0 Å². The van der Waals surface area contributed by atoms with Gasteiger partial charge in [0, 0.05) is 19.0 Å². The maximum Gasteiger partial charge on any atom is 0.481 e. The lowest BCUT2D eigenvalue weighted by Gasteiger charge is -2.21. The number of rotatable bonds is 48. The number of anilines is 1. The first kappa shape index (κ1) is 67.7. The van der Waals surface area contributed by atoms with E-state index in [0.717, 1.165) is 81.1 Å². The van der Waals surface area contributed by atoms with Crippen molar-refractivity contribution in [2.24, 2.45) is 5.92 Å². The zero-order chi connectivity index (χ0) is 55.4. The van der Waals surface area contributed by atoms with Crippen molar-refractivity contribution in [2.75, 3.05) is 25.6 Å². The second-order valence-electron chi connectivity index (χ2n) is 21.1. The zero-order valence-electron chi connectivity index (χ0n) is 46.4. The van der Waals surface area contributed by atoms with E-state index in [1.165, 1.54) is 128 Å². The molecule has 0 saturated carbocycles. The number of carbonyl (C=O) groups excluding carboxylic acids is 2. The summed E-state index contributed by atoms with van der Waals surface area (Å²) in [5.74, 6) is -0.431. The van der Waals surface area contributed by atoms with Gasteiger partial charge in [-0.1, -0.05) is 193 Å². The number of aromatic nitrogens is 2. The van der Waals surface area contributed by atoms with E-state index in [2.05, 4.69) is 42.2 Å². The Morgan fingerprint density at radius 3 is 1.83 bits per heavy atom. The van der Waals surface area contributed by atoms with Crippen LogP contribution in [0.5, 0.6) is 0 Å². The molecule has 0 aliphatic carbocycles. The number of hydrogen-bond donors (Lipinski definition) is 5. The summed E-state index contributed by atoms with van der Waals surface area (Å²) in [4.78, 5) is 62.2. The van der Waals surface area contributed by atoms with Gasteiger partial charge in [-0.25, -0.2) is 13.9 Å². The Kier molecular flexibility index (Phi) is 35.4. The van der Waals surface area contributed by atoms with Crippen molar-refractivity contribution in [3.8, 4) is 0 Å². The number of allylic oxidation sites excluding steroid dienone is 1. The number of aliphatic hydroxyl groups is 2. The highest BCUT2D eigenvalue weighted by Gasteiger charge is 2.46. The smallest absolute Gasteiger partial charge is 0.462 e. The summed E-state index contributed by atoms with van der Waals surface area (Å²) in [6.07, 6.45) is 34.3. The molecule has 19 nitrogen and oxygen atoms in total. The number of epoxide rings is 1. The number of nitrogens with zero attached hydrogens (tertiary/aromatic N) is 2. The highest BCUT2D eigenvalue weighted by Crippen LogP contribution is 2.60. The molecule has 3 rings (SSSR count). The third-order valence-electron chi connectivity index (χ3n) is 14.3. The van der Waals surface area contributed by atoms with Crippen LogP contribution in [-0.4, -0.2) is 97.9 Å². The predicted molar refractivity (Wildman–Crippen MR) is 293 cm³/mol. The van der Waals surface area contributed by atoms with Crippen molar-refractivity contribution in [2.45, 2.75) is 276 Å². The molecule has 1 aromatic heterocycles. The Morgan fingerprint density at radius 2 is 1.25 bits per heavy atom. The number of nitrogen functional groups attached to an aromatic ring is 1. The van der Waals surface area contributed by atoms with E-state index < -0.39 is 83.7 Å². The first-order valence-corrected chi connectivity index (χ1v) is 32.2. The summed E-state index contributed by atoms with van der Waals surface area (Å²) in [6, 6.07) is 1.25. The van der Waals surface area contributed by atoms with Crippen LogP contribution in [0.4, 0.5) is 5.82 Å². The Bertz CT molecular complexity index is 1910. The van der Waals surface area contributed by atoms with Gasteiger partial charge in [-0.05, 0) is 50.5 Å². The van der Waals surface area contributed by atoms with Gasteiger partial charge < -0.3 is 44.7 Å². The molecule has 5 unspecified atom stereocenters. The van der Waals surface area contributed by atoms with Gasteiger partial charge in [-0.3, -0.25) is 23.2 Å². The number of phosphoric acid groups is 2. The van der Waals surface area contributed by atoms with Gasteiger partial charge in [-0.15, -0.1) is 0 Å². The summed E-state index contributed by atoms with van der Waals surface area (Å²) < 4.78 is 62.8. The van der Waals surface area contributed by atoms with Crippen LogP contribution in [0.3, 0.4) is 0 Å². The number of hydrogen-bond acceptors (Lipinski definition) is 16. The molecular weight excluding hydrogens is 1020 g/mol. The molecule has 2 saturated heterocycles. The first-order chi connectivity index (χ1) is 36.5. The Hall–Kier alpha value is -2.54. The molecule has 2 aliphatic heterocycles. The van der Waals surface area contributed by atoms with Crippen LogP contribution in [0.2, 0.25) is 0 Å². The Labute approximate surface area is 454 Å². The summed E-state index contributed by atoms with van der Waals surface area (Å²) in [5.41, 5.74) is 4.60. The number of carbonyl (C=O) groups is 2. The fraction of sp³-hybridized carbons (Fsp3) is 0.855. The first-order valence-electron chi connectivity index (χ1n) is 29.2. The van der Waals surface area contributed by atoms with Crippen LogP contribution >= 0.6 is 15.6 Å². The summed E-state index contributed by atoms with van der Waals surface area (Å²) in [6.45, 7) is 4.53. The monoisotopic (exact) mass is 1120 g/mol. The third-order valence-corrected chi connectivity index (χ3v) is 16.9. The predicted octanol–water partition coefficient (Wildman–Crippen LogP) is 12.0. The highest BCUT2D eigenvalue weighted by atomic mass is 31.3. The average Bonchev–Trinajstić information content (AvgIpc) is 4.07. The Balaban J connectivity index is 1.34. The molecule has 3 heterocycles. The molecule has 6 N–H and O–H groups in total. The van der Waals surface area contributed by atoms with E-state index in [9.17, 15) is 43.5 Å². The van der Waals surface area contributed by atoms with E-state index in [1.54, 1.807) is 0 Å². The fourth-order valence-electron chi connectivity index (χ4n) is 9.30. The van der Waals surface area contributed by atoms with E-state index >= 15 is 0 Å². The van der Waals surface area contributed by atoms with Gasteiger partial charge in [0.2, 0.25) is 0 Å². The quantitative estimate of drug-likeness (QED) is 0.0133. The van der Waals surface area contributed by atoms with Crippen LogP contribution in [0.15, 0.2) is 29.2 Å². The molecule has 0 bridgehead atoms. The highest BCUT2D eigenvalue weighted by molar-refractivity contribution is 7.61. The van der Waals surface area contributed by atoms with Crippen molar-refractivity contribution >= 4 is 33.4 Å². The molecule has 440 valence electrons. The van der Waals surface area contributed by atoms with Crippen LogP contribution in [0.25, 0.3) is 0 Å². The van der Waals surface area contributed by atoms with Gasteiger partial charge in [0.1, 0.15) is 30.7 Å². The van der Waals surface area contributed by atoms with Crippen molar-refractivity contribution in [3.63, 3.8) is 0 Å². The van der Waals surface area contributed by atoms with Gasteiger partial charge in [0.05, 0.1) is 25.4 Å². The van der Waals surface area contributed by atoms with Gasteiger partial charge in [0.25, 0.3) is 0 Å². The van der Waals surface area contributed by atoms with Crippen molar-refractivity contribution in [3.05, 3.63) is 34.9 Å². The standard InChI is InChI=1S/C55H99N3O16P2/c1-4-6-7-8-25-30-35-46-47(72-46)36-31-26-23-28-33-38-51(60)71-45(41-68-50(59)37-32-27-22-20-18-16-14-12-10-9-11-13-15-17-19-21-24-29-34-44(3)5-2)42-69-75(64,65)74-76(66,67)70-43-48-52(61)53(62)54(73-48)58-40-39-49(56)57-55(58)63/h25,30,39-40,44-48,52-54,61-62H,4-24,26-29,31-38,41-43H2,1-3H3,(H,64,65)(H,66,67)(H2,56,57,63)/b30-25-/t44?,45-,46?,47?,48-,52-,53-,54-/m1/s1. The topological polar surface area (TPSA) is 278 Å². The molecule has 0 spiro atoms. The SMILES string of the molecule is CCCCC/C=C\CC1OC1CCCCCCCC(=O)O[C@H](COC(=O)CCCCCCCCCCCCCCCCCCCCC(C)CC)COP(=O)(O)OP(=O)(O)OC[C@H]1O[C@@H](n2ccc(N)nc2=O)[C@H](O)[C@@H]1O. The minimum absolute atomic E-state index is 0.0307. The molecule has 21 heteroatoms. The second-order valence-corrected chi connectivity index (χ2v) is 24.2. The molecule has 10 atom stereocenters. The number of unbranched alkanes of at least 4 members (excludes halogenated alkanes) is 24. The molecule has 2 fully saturated rings. The van der Waals surface area contributed by atoms with E-state index in [-0.39, 0.29) is 18.7 Å². The lowest BCUT2D eigenvalue weighted by Crippen LogP contribution is -2.36. The lowest BCUT2D eigenvalue weighted by atomic mass is 9.99. The second kappa shape index (κ2) is 39.8. The molecular formula is C55H99N3O16P2. The van der Waals surface area contributed by atoms with Crippen LogP contribution < -0.4 is 11.4 Å². The summed E-state index contributed by atoms with van der Waals surface area (Å²) in [5, 5.41) is 21.0. The molecule has 0 aromatic carbocycles. The minimum Gasteiger partial charge on any atom is -0.462 e. The molecule has 0 radical (unpaired) electrons.